The van der Waals surface area contributed by atoms with Crippen LogP contribution in [0.2, 0.25) is 0 Å². The van der Waals surface area contributed by atoms with Crippen molar-refractivity contribution >= 4 is 5.96 Å². The number of hydrogen-bond acceptors (Lipinski definition) is 4. The smallest absolute Gasteiger partial charge is 0.231 e. The maximum atomic E-state index is 5.67. The number of guanidine groups is 1. The van der Waals surface area contributed by atoms with E-state index in [4.69, 9.17) is 14.2 Å². The van der Waals surface area contributed by atoms with E-state index in [0.717, 1.165) is 63.0 Å². The van der Waals surface area contributed by atoms with E-state index in [9.17, 15) is 0 Å². The first-order valence-electron chi connectivity index (χ1n) is 10.7. The lowest BCUT2D eigenvalue weighted by Crippen LogP contribution is -2.48. The van der Waals surface area contributed by atoms with Gasteiger partial charge in [-0.3, -0.25) is 4.99 Å². The number of hydrogen-bond donors (Lipinski definition) is 2. The zero-order valence-electron chi connectivity index (χ0n) is 17.9. The molecule has 0 atom stereocenters. The molecule has 160 valence electrons. The second-order valence-electron chi connectivity index (χ2n) is 8.00. The minimum Gasteiger partial charge on any atom is -0.454 e. The van der Waals surface area contributed by atoms with Crippen LogP contribution in [0.5, 0.6) is 11.5 Å². The maximum absolute atomic E-state index is 5.67. The van der Waals surface area contributed by atoms with Gasteiger partial charge < -0.3 is 24.8 Å². The topological polar surface area (TPSA) is 64.1 Å². The summed E-state index contributed by atoms with van der Waals surface area (Å²) in [5, 5.41) is 7.02. The Balaban J connectivity index is 1.35. The summed E-state index contributed by atoms with van der Waals surface area (Å²) in [4.78, 5) is 4.43. The highest BCUT2D eigenvalue weighted by Crippen LogP contribution is 2.36. The highest BCUT2D eigenvalue weighted by molar-refractivity contribution is 5.79. The second kappa shape index (κ2) is 9.39. The third-order valence-electron chi connectivity index (χ3n) is 6.13. The highest BCUT2D eigenvalue weighted by atomic mass is 16.7. The van der Waals surface area contributed by atoms with Gasteiger partial charge in [0.2, 0.25) is 6.79 Å². The lowest BCUT2D eigenvalue weighted by molar-refractivity contribution is 0.0512. The molecule has 2 aliphatic rings. The van der Waals surface area contributed by atoms with Gasteiger partial charge in [-0.2, -0.15) is 0 Å². The maximum Gasteiger partial charge on any atom is 0.231 e. The molecule has 0 bridgehead atoms. The highest BCUT2D eigenvalue weighted by Gasteiger charge is 2.35. The number of nitrogens with one attached hydrogen (secondary N) is 2. The molecule has 30 heavy (non-hydrogen) atoms. The molecule has 2 aromatic carbocycles. The monoisotopic (exact) mass is 409 g/mol. The Morgan fingerprint density at radius 2 is 1.83 bits per heavy atom. The molecule has 0 amide bonds. The third-order valence-corrected chi connectivity index (χ3v) is 6.13. The first kappa shape index (κ1) is 20.5. The van der Waals surface area contributed by atoms with E-state index in [0.29, 0.717) is 6.79 Å². The van der Waals surface area contributed by atoms with Crippen molar-refractivity contribution in [2.75, 3.05) is 40.1 Å². The van der Waals surface area contributed by atoms with Gasteiger partial charge in [0.1, 0.15) is 0 Å². The Morgan fingerprint density at radius 1 is 1.03 bits per heavy atom. The predicted octanol–water partition coefficient (Wildman–Crippen LogP) is 3.18. The van der Waals surface area contributed by atoms with E-state index in [1.807, 2.05) is 13.1 Å². The molecule has 0 aliphatic carbocycles. The molecule has 2 aliphatic heterocycles. The Bertz CT molecular complexity index is 891. The largest absolute Gasteiger partial charge is 0.454 e. The van der Waals surface area contributed by atoms with Crippen LogP contribution in [0.4, 0.5) is 0 Å². The first-order valence-corrected chi connectivity index (χ1v) is 10.7. The van der Waals surface area contributed by atoms with Crippen LogP contribution in [0.1, 0.15) is 29.5 Å². The van der Waals surface area contributed by atoms with Crippen LogP contribution in [-0.2, 0) is 16.6 Å². The van der Waals surface area contributed by atoms with Crippen LogP contribution < -0.4 is 20.1 Å². The van der Waals surface area contributed by atoms with E-state index in [1.54, 1.807) is 0 Å². The molecular formula is C24H31N3O3. The number of benzene rings is 2. The zero-order chi connectivity index (χ0) is 20.8. The van der Waals surface area contributed by atoms with Crippen LogP contribution in [0.25, 0.3) is 0 Å². The van der Waals surface area contributed by atoms with Crippen molar-refractivity contribution in [1.29, 1.82) is 0 Å². The van der Waals surface area contributed by atoms with Crippen molar-refractivity contribution in [3.8, 4) is 11.5 Å². The van der Waals surface area contributed by atoms with E-state index in [1.165, 1.54) is 16.7 Å². The average molecular weight is 410 g/mol. The molecule has 6 nitrogen and oxygen atoms in total. The summed E-state index contributed by atoms with van der Waals surface area (Å²) in [6.45, 7) is 5.73. The Labute approximate surface area is 178 Å². The molecule has 2 N–H and O–H groups in total. The molecule has 0 saturated carbocycles. The van der Waals surface area contributed by atoms with Crippen LogP contribution in [0, 0.1) is 6.92 Å². The third kappa shape index (κ3) is 4.54. The van der Waals surface area contributed by atoms with Gasteiger partial charge in [-0.25, -0.2) is 0 Å². The fraction of sp³-hybridized carbons (Fsp3) is 0.458. The van der Waals surface area contributed by atoms with Crippen molar-refractivity contribution in [3.05, 3.63) is 59.2 Å². The minimum atomic E-state index is 0.0680. The van der Waals surface area contributed by atoms with Gasteiger partial charge in [0.15, 0.2) is 17.5 Å². The summed E-state index contributed by atoms with van der Waals surface area (Å²) >= 11 is 0. The molecule has 2 aromatic rings. The van der Waals surface area contributed by atoms with Gasteiger partial charge in [-0.1, -0.05) is 30.3 Å². The number of ether oxygens (including phenoxy) is 3. The van der Waals surface area contributed by atoms with Gasteiger partial charge in [-0.15, -0.1) is 0 Å². The number of fused-ring (bicyclic) bond motifs is 1. The van der Waals surface area contributed by atoms with Crippen molar-refractivity contribution in [2.45, 2.75) is 31.6 Å². The second-order valence-corrected chi connectivity index (χ2v) is 8.00. The average Bonchev–Trinajstić information content (AvgIpc) is 3.25. The molecule has 0 unspecified atom stereocenters. The van der Waals surface area contributed by atoms with Crippen LogP contribution in [-0.4, -0.2) is 46.1 Å². The number of rotatable bonds is 6. The molecule has 4 rings (SSSR count). The first-order chi connectivity index (χ1) is 14.7. The molecule has 1 saturated heterocycles. The van der Waals surface area contributed by atoms with Crippen molar-refractivity contribution < 1.29 is 14.2 Å². The van der Waals surface area contributed by atoms with Gasteiger partial charge in [0.25, 0.3) is 0 Å². The quantitative estimate of drug-likeness (QED) is 0.567. The van der Waals surface area contributed by atoms with E-state index >= 15 is 0 Å². The van der Waals surface area contributed by atoms with E-state index in [2.05, 4.69) is 58.9 Å². The fourth-order valence-corrected chi connectivity index (χ4v) is 4.37. The van der Waals surface area contributed by atoms with Crippen molar-refractivity contribution in [2.24, 2.45) is 4.99 Å². The summed E-state index contributed by atoms with van der Waals surface area (Å²) in [7, 11) is 1.82. The molecule has 0 radical (unpaired) electrons. The van der Waals surface area contributed by atoms with Gasteiger partial charge in [-0.05, 0) is 55.0 Å². The number of nitrogens with zero attached hydrogens (tertiary/aromatic N) is 1. The van der Waals surface area contributed by atoms with Crippen LogP contribution in [0.15, 0.2) is 47.5 Å². The molecule has 1 fully saturated rings. The van der Waals surface area contributed by atoms with Crippen molar-refractivity contribution in [1.82, 2.24) is 10.6 Å². The fourth-order valence-electron chi connectivity index (χ4n) is 4.37. The van der Waals surface area contributed by atoms with E-state index in [-0.39, 0.29) is 5.41 Å². The lowest BCUT2D eigenvalue weighted by atomic mass is 9.72. The Hall–Kier alpha value is -2.73. The summed E-state index contributed by atoms with van der Waals surface area (Å²) < 4.78 is 16.5. The van der Waals surface area contributed by atoms with Crippen LogP contribution >= 0.6 is 0 Å². The number of aliphatic imine (C=N–C) groups is 1. The summed E-state index contributed by atoms with van der Waals surface area (Å²) in [6.07, 6.45) is 2.91. The van der Waals surface area contributed by atoms with Crippen molar-refractivity contribution in [3.63, 3.8) is 0 Å². The SMILES string of the molecule is CN=C(NCCc1ccc2c(c1)OCO2)NCC1(c2ccccc2C)CCOCC1. The van der Waals surface area contributed by atoms with E-state index < -0.39 is 0 Å². The molecule has 6 heteroatoms. The molecular weight excluding hydrogens is 378 g/mol. The Kier molecular flexibility index (Phi) is 6.43. The summed E-state index contributed by atoms with van der Waals surface area (Å²) in [5.41, 5.74) is 4.03. The van der Waals surface area contributed by atoms with Gasteiger partial charge in [0.05, 0.1) is 0 Å². The summed E-state index contributed by atoms with van der Waals surface area (Å²) in [6, 6.07) is 14.8. The number of aryl methyl sites for hydroxylation is 1. The molecule has 0 aromatic heterocycles. The minimum absolute atomic E-state index is 0.0680. The molecule has 2 heterocycles. The molecule has 0 spiro atoms. The van der Waals surface area contributed by atoms with Gasteiger partial charge in [0, 0.05) is 38.8 Å². The van der Waals surface area contributed by atoms with Gasteiger partial charge >= 0.3 is 0 Å². The normalized spacial score (nSPS) is 17.6. The zero-order valence-corrected chi connectivity index (χ0v) is 17.9. The Morgan fingerprint density at radius 3 is 2.63 bits per heavy atom. The lowest BCUT2D eigenvalue weighted by Gasteiger charge is -2.39. The van der Waals surface area contributed by atoms with Crippen LogP contribution in [0.3, 0.4) is 0 Å². The summed E-state index contributed by atoms with van der Waals surface area (Å²) in [5.74, 6) is 2.48. The standard InChI is InChI=1S/C24H31N3O3/c1-18-5-3-4-6-20(18)24(10-13-28-14-11-24)16-27-23(25-2)26-12-9-19-7-8-21-22(15-19)30-17-29-21/h3-8,15H,9-14,16-17H2,1-2H3,(H2,25,26,27). The predicted molar refractivity (Wildman–Crippen MR) is 119 cm³/mol.